The summed E-state index contributed by atoms with van der Waals surface area (Å²) in [5, 5.41) is 27.1. The maximum absolute atomic E-state index is 11.7. The molecule has 2 aromatic rings. The van der Waals surface area contributed by atoms with Gasteiger partial charge in [-0.2, -0.15) is 0 Å². The van der Waals surface area contributed by atoms with Crippen molar-refractivity contribution in [3.05, 3.63) is 12.7 Å². The molecule has 4 atom stereocenters. The van der Waals surface area contributed by atoms with E-state index < -0.39 is 24.3 Å². The predicted molar refractivity (Wildman–Crippen MR) is 99.1 cm³/mol. The number of aliphatic hydroxyl groups excluding tert-OH is 2. The number of nitrogens with zero attached hydrogens (tertiary/aromatic N) is 4. The van der Waals surface area contributed by atoms with Gasteiger partial charge in [0.05, 0.1) is 18.4 Å². The molecule has 0 aliphatic heterocycles. The quantitative estimate of drug-likeness (QED) is 0.608. The van der Waals surface area contributed by atoms with Gasteiger partial charge in [-0.1, -0.05) is 19.8 Å². The molecule has 4 N–H and O–H groups in total. The molecule has 2 aliphatic rings. The highest BCUT2D eigenvalue weighted by Crippen LogP contribution is 2.34. The molecule has 2 aromatic heterocycles. The van der Waals surface area contributed by atoms with Gasteiger partial charge in [-0.3, -0.25) is 4.79 Å². The average molecular weight is 374 g/mol. The van der Waals surface area contributed by atoms with E-state index in [-0.39, 0.29) is 5.91 Å². The Hall–Kier alpha value is -2.26. The number of rotatable bonds is 5. The first kappa shape index (κ1) is 18.1. The van der Waals surface area contributed by atoms with Crippen LogP contribution in [0, 0.1) is 0 Å². The Labute approximate surface area is 157 Å². The molecule has 2 aliphatic carbocycles. The number of carbonyl (C=O) groups is 1. The van der Waals surface area contributed by atoms with Crippen LogP contribution in [0.1, 0.15) is 51.5 Å². The zero-order valence-electron chi connectivity index (χ0n) is 15.4. The average Bonchev–Trinajstić information content (AvgIpc) is 3.38. The van der Waals surface area contributed by atoms with E-state index in [1.54, 1.807) is 17.8 Å². The van der Waals surface area contributed by atoms with E-state index in [4.69, 9.17) is 0 Å². The third kappa shape index (κ3) is 3.37. The largest absolute Gasteiger partial charge is 0.388 e. The maximum Gasteiger partial charge on any atom is 0.220 e. The molecule has 4 unspecified atom stereocenters. The second-order valence-corrected chi connectivity index (χ2v) is 7.48. The summed E-state index contributed by atoms with van der Waals surface area (Å²) < 4.78 is 1.78. The summed E-state index contributed by atoms with van der Waals surface area (Å²) >= 11 is 0. The molecule has 27 heavy (non-hydrogen) atoms. The molecule has 0 bridgehead atoms. The van der Waals surface area contributed by atoms with Gasteiger partial charge in [-0.15, -0.1) is 0 Å². The smallest absolute Gasteiger partial charge is 0.220 e. The molecule has 0 spiro atoms. The third-order valence-electron chi connectivity index (χ3n) is 5.73. The fraction of sp³-hybridized carbons (Fsp3) is 0.667. The van der Waals surface area contributed by atoms with Gasteiger partial charge in [0.2, 0.25) is 5.91 Å². The van der Waals surface area contributed by atoms with Crippen LogP contribution in [0.3, 0.4) is 0 Å². The van der Waals surface area contributed by atoms with Crippen LogP contribution in [0.25, 0.3) is 11.2 Å². The SMILES string of the molecule is CCC(=O)NC1CC(n2cnc3c(NC4CCCC4)ncnc32)C(O)C1O. The lowest BCUT2D eigenvalue weighted by molar-refractivity contribution is -0.122. The highest BCUT2D eigenvalue weighted by Gasteiger charge is 2.43. The number of aliphatic hydroxyl groups is 2. The molecule has 1 amide bonds. The number of nitrogens with one attached hydrogen (secondary N) is 2. The zero-order valence-corrected chi connectivity index (χ0v) is 15.4. The van der Waals surface area contributed by atoms with Gasteiger partial charge >= 0.3 is 0 Å². The van der Waals surface area contributed by atoms with E-state index in [2.05, 4.69) is 25.6 Å². The Balaban J connectivity index is 1.59. The molecule has 2 saturated carbocycles. The highest BCUT2D eigenvalue weighted by molar-refractivity contribution is 5.83. The molecule has 146 valence electrons. The van der Waals surface area contributed by atoms with Crippen LogP contribution in [-0.2, 0) is 4.79 Å². The van der Waals surface area contributed by atoms with Crippen molar-refractivity contribution >= 4 is 22.9 Å². The molecule has 9 nitrogen and oxygen atoms in total. The number of aromatic nitrogens is 4. The highest BCUT2D eigenvalue weighted by atomic mass is 16.3. The van der Waals surface area contributed by atoms with E-state index in [1.807, 2.05) is 0 Å². The number of amides is 1. The number of imidazole rings is 1. The summed E-state index contributed by atoms with van der Waals surface area (Å²) in [7, 11) is 0. The second kappa shape index (κ2) is 7.40. The standard InChI is InChI=1S/C18H26N6O3/c1-2-13(25)23-11-7-12(16(27)15(11)26)24-9-21-14-17(19-8-20-18(14)24)22-10-5-3-4-6-10/h8-12,15-16,26-27H,2-7H2,1H3,(H,23,25)(H,19,20,22). The Kier molecular flexibility index (Phi) is 4.96. The molecule has 2 fully saturated rings. The first-order valence-electron chi connectivity index (χ1n) is 9.68. The molecule has 0 radical (unpaired) electrons. The first-order valence-corrected chi connectivity index (χ1v) is 9.68. The molecule has 9 heteroatoms. The first-order chi connectivity index (χ1) is 13.1. The van der Waals surface area contributed by atoms with Crippen molar-refractivity contribution in [3.63, 3.8) is 0 Å². The number of carbonyl (C=O) groups excluding carboxylic acids is 1. The van der Waals surface area contributed by atoms with Gasteiger partial charge < -0.3 is 25.4 Å². The van der Waals surface area contributed by atoms with Gasteiger partial charge in [0.15, 0.2) is 11.5 Å². The van der Waals surface area contributed by atoms with Crippen LogP contribution < -0.4 is 10.6 Å². The van der Waals surface area contributed by atoms with E-state index in [1.165, 1.54) is 19.2 Å². The monoisotopic (exact) mass is 374 g/mol. The van der Waals surface area contributed by atoms with E-state index >= 15 is 0 Å². The number of hydrogen-bond acceptors (Lipinski definition) is 7. The third-order valence-corrected chi connectivity index (χ3v) is 5.73. The zero-order chi connectivity index (χ0) is 19.0. The lowest BCUT2D eigenvalue weighted by Gasteiger charge is -2.18. The minimum Gasteiger partial charge on any atom is -0.388 e. The summed E-state index contributed by atoms with van der Waals surface area (Å²) in [5.41, 5.74) is 1.27. The van der Waals surface area contributed by atoms with Gasteiger partial charge in [-0.05, 0) is 19.3 Å². The van der Waals surface area contributed by atoms with Gasteiger partial charge in [0.1, 0.15) is 24.1 Å². The predicted octanol–water partition coefficient (Wildman–Crippen LogP) is 0.742. The van der Waals surface area contributed by atoms with Crippen LogP contribution in [-0.4, -0.2) is 59.9 Å². The molecule has 0 aromatic carbocycles. The maximum atomic E-state index is 11.7. The van der Waals surface area contributed by atoms with E-state index in [9.17, 15) is 15.0 Å². The van der Waals surface area contributed by atoms with Gasteiger partial charge in [0, 0.05) is 12.5 Å². The second-order valence-electron chi connectivity index (χ2n) is 7.48. The van der Waals surface area contributed by atoms with Crippen molar-refractivity contribution in [2.75, 3.05) is 5.32 Å². The number of anilines is 1. The van der Waals surface area contributed by atoms with Crippen LogP contribution >= 0.6 is 0 Å². The Bertz CT molecular complexity index is 819. The molecule has 0 saturated heterocycles. The van der Waals surface area contributed by atoms with E-state index in [0.29, 0.717) is 35.9 Å². The summed E-state index contributed by atoms with van der Waals surface area (Å²) in [6.45, 7) is 1.75. The molecule has 2 heterocycles. The minimum atomic E-state index is -1.03. The fourth-order valence-electron chi connectivity index (χ4n) is 4.20. The summed E-state index contributed by atoms with van der Waals surface area (Å²) in [6.07, 6.45) is 6.52. The molecule has 4 rings (SSSR count). The van der Waals surface area contributed by atoms with Crippen molar-refractivity contribution in [1.29, 1.82) is 0 Å². The van der Waals surface area contributed by atoms with E-state index in [0.717, 1.165) is 12.8 Å². The lowest BCUT2D eigenvalue weighted by atomic mass is 10.2. The fourth-order valence-corrected chi connectivity index (χ4v) is 4.20. The molecular weight excluding hydrogens is 348 g/mol. The summed E-state index contributed by atoms with van der Waals surface area (Å²) in [4.78, 5) is 24.8. The van der Waals surface area contributed by atoms with Gasteiger partial charge in [0.25, 0.3) is 0 Å². The van der Waals surface area contributed by atoms with Crippen LogP contribution in [0.15, 0.2) is 12.7 Å². The van der Waals surface area contributed by atoms with Gasteiger partial charge in [-0.25, -0.2) is 15.0 Å². The van der Waals surface area contributed by atoms with Crippen LogP contribution in [0.4, 0.5) is 5.82 Å². The summed E-state index contributed by atoms with van der Waals surface area (Å²) in [6, 6.07) is -0.505. The number of hydrogen-bond donors (Lipinski definition) is 4. The van der Waals surface area contributed by atoms with Crippen LogP contribution in [0.2, 0.25) is 0 Å². The Morgan fingerprint density at radius 1 is 1.22 bits per heavy atom. The molecular formula is C18H26N6O3. The normalized spacial score (nSPS) is 28.7. The van der Waals surface area contributed by atoms with Crippen molar-refractivity contribution < 1.29 is 15.0 Å². The topological polar surface area (TPSA) is 125 Å². The Morgan fingerprint density at radius 3 is 2.74 bits per heavy atom. The summed E-state index contributed by atoms with van der Waals surface area (Å²) in [5.74, 6) is 0.558. The van der Waals surface area contributed by atoms with Crippen molar-refractivity contribution in [2.45, 2.75) is 75.8 Å². The van der Waals surface area contributed by atoms with Crippen molar-refractivity contribution in [3.8, 4) is 0 Å². The van der Waals surface area contributed by atoms with Crippen LogP contribution in [0.5, 0.6) is 0 Å². The minimum absolute atomic E-state index is 0.146. The Morgan fingerprint density at radius 2 is 2.00 bits per heavy atom. The van der Waals surface area contributed by atoms with Crippen molar-refractivity contribution in [1.82, 2.24) is 24.8 Å². The lowest BCUT2D eigenvalue weighted by Crippen LogP contribution is -2.42. The van der Waals surface area contributed by atoms with Crippen molar-refractivity contribution in [2.24, 2.45) is 0 Å². The number of fused-ring (bicyclic) bond motifs is 1.